The molecule has 0 unspecified atom stereocenters. The van der Waals surface area contributed by atoms with Crippen LogP contribution in [-0.2, 0) is 10.8 Å². The Hall–Kier alpha value is -5.08. The van der Waals surface area contributed by atoms with Crippen LogP contribution in [0, 0.1) is 0 Å². The third-order valence-corrected chi connectivity index (χ3v) is 11.3. The topological polar surface area (TPSA) is 17.6 Å². The van der Waals surface area contributed by atoms with Gasteiger partial charge in [-0.15, -0.1) is 0 Å². The average molecular weight is 564 g/mol. The van der Waals surface area contributed by atoms with Crippen molar-refractivity contribution in [2.24, 2.45) is 0 Å². The van der Waals surface area contributed by atoms with Crippen molar-refractivity contribution in [1.29, 1.82) is 0 Å². The first-order valence-corrected chi connectivity index (χ1v) is 15.7. The quantitative estimate of drug-likeness (QED) is 0.179. The summed E-state index contributed by atoms with van der Waals surface area (Å²) in [5.74, 6) is 0. The first kappa shape index (κ1) is 23.4. The van der Waals surface area contributed by atoms with Crippen LogP contribution in [0.4, 0.5) is 0 Å². The fraction of sp³-hybridized carbons (Fsp3) is 0.143. The van der Waals surface area contributed by atoms with E-state index in [1.807, 2.05) is 0 Å². The second-order valence-electron chi connectivity index (χ2n) is 14.1. The molecule has 2 aliphatic rings. The molecular formula is C42H29NO. The molecule has 2 heteroatoms. The van der Waals surface area contributed by atoms with Crippen LogP contribution >= 0.6 is 0 Å². The van der Waals surface area contributed by atoms with Gasteiger partial charge >= 0.3 is 0 Å². The molecule has 11 rings (SSSR count). The standard InChI is InChI=1S/C42H29NO/c1-41(2)28-14-8-5-11-22(28)24-17-19-30-34(38(24)41)27-21-33-35(26-13-7-10-16-32(26)44-33)37-36-31(43(30)40(27)37)20-18-25-23-12-6-9-15-29(23)42(3,4)39(25)36/h5-21H,1-4H3. The van der Waals surface area contributed by atoms with Gasteiger partial charge in [-0.1, -0.05) is 107 Å². The predicted octanol–water partition coefficient (Wildman–Crippen LogP) is 11.3. The number of furan rings is 1. The van der Waals surface area contributed by atoms with E-state index in [0.717, 1.165) is 11.2 Å². The highest BCUT2D eigenvalue weighted by molar-refractivity contribution is 6.36. The summed E-state index contributed by atoms with van der Waals surface area (Å²) < 4.78 is 9.30. The van der Waals surface area contributed by atoms with Crippen LogP contribution in [0.3, 0.4) is 0 Å². The van der Waals surface area contributed by atoms with Gasteiger partial charge in [0.25, 0.3) is 0 Å². The minimum atomic E-state index is -0.129. The van der Waals surface area contributed by atoms with Crippen molar-refractivity contribution in [3.8, 4) is 22.3 Å². The third kappa shape index (κ3) is 2.37. The van der Waals surface area contributed by atoms with E-state index in [9.17, 15) is 0 Å². The van der Waals surface area contributed by atoms with Crippen molar-refractivity contribution in [2.45, 2.75) is 38.5 Å². The van der Waals surface area contributed by atoms with Crippen LogP contribution in [0.5, 0.6) is 0 Å². The molecule has 3 heterocycles. The van der Waals surface area contributed by atoms with E-state index in [2.05, 4.69) is 135 Å². The van der Waals surface area contributed by atoms with Crippen molar-refractivity contribution < 1.29 is 4.42 Å². The first-order chi connectivity index (χ1) is 21.4. The van der Waals surface area contributed by atoms with Gasteiger partial charge in [0.1, 0.15) is 11.2 Å². The highest BCUT2D eigenvalue weighted by atomic mass is 16.3. The van der Waals surface area contributed by atoms with Crippen LogP contribution in [0.2, 0.25) is 0 Å². The molecule has 2 nitrogen and oxygen atoms in total. The summed E-state index contributed by atoms with van der Waals surface area (Å²) in [6.45, 7) is 9.60. The maximum atomic E-state index is 6.72. The second kappa shape index (κ2) is 7.17. The maximum absolute atomic E-state index is 6.72. The zero-order valence-corrected chi connectivity index (χ0v) is 25.2. The zero-order valence-electron chi connectivity index (χ0n) is 25.2. The predicted molar refractivity (Wildman–Crippen MR) is 184 cm³/mol. The Bertz CT molecular complexity index is 2760. The van der Waals surface area contributed by atoms with Crippen molar-refractivity contribution in [2.75, 3.05) is 0 Å². The van der Waals surface area contributed by atoms with E-state index in [0.29, 0.717) is 0 Å². The van der Waals surface area contributed by atoms with Crippen LogP contribution in [0.15, 0.2) is 108 Å². The molecule has 44 heavy (non-hydrogen) atoms. The monoisotopic (exact) mass is 563 g/mol. The number of fused-ring (bicyclic) bond motifs is 18. The van der Waals surface area contributed by atoms with Crippen LogP contribution in [0.1, 0.15) is 49.9 Å². The Morgan fingerprint density at radius 1 is 0.477 bits per heavy atom. The lowest BCUT2D eigenvalue weighted by Crippen LogP contribution is -2.15. The van der Waals surface area contributed by atoms with E-state index in [1.54, 1.807) is 0 Å². The summed E-state index contributed by atoms with van der Waals surface area (Å²) in [6, 6.07) is 38.4. The molecular weight excluding hydrogens is 534 g/mol. The summed E-state index contributed by atoms with van der Waals surface area (Å²) in [7, 11) is 0. The molecule has 0 saturated carbocycles. The number of para-hydroxylation sites is 1. The molecule has 6 aromatic carbocycles. The first-order valence-electron chi connectivity index (χ1n) is 15.7. The van der Waals surface area contributed by atoms with Crippen LogP contribution < -0.4 is 0 Å². The minimum absolute atomic E-state index is 0.114. The van der Waals surface area contributed by atoms with Gasteiger partial charge in [-0.2, -0.15) is 0 Å². The molecule has 0 N–H and O–H groups in total. The zero-order chi connectivity index (χ0) is 29.3. The number of benzene rings is 6. The van der Waals surface area contributed by atoms with Crippen molar-refractivity contribution in [1.82, 2.24) is 4.40 Å². The van der Waals surface area contributed by atoms with Gasteiger partial charge in [0.2, 0.25) is 0 Å². The van der Waals surface area contributed by atoms with E-state index in [1.165, 1.54) is 93.4 Å². The van der Waals surface area contributed by atoms with E-state index in [4.69, 9.17) is 4.42 Å². The third-order valence-electron chi connectivity index (χ3n) is 11.3. The maximum Gasteiger partial charge on any atom is 0.136 e. The molecule has 2 aliphatic carbocycles. The average Bonchev–Trinajstić information content (AvgIpc) is 3.78. The normalized spacial score (nSPS) is 16.1. The van der Waals surface area contributed by atoms with Gasteiger partial charge in [0.15, 0.2) is 0 Å². The summed E-state index contributed by atoms with van der Waals surface area (Å²) in [5, 5.41) is 7.76. The Labute approximate surface area is 254 Å². The summed E-state index contributed by atoms with van der Waals surface area (Å²) in [4.78, 5) is 0. The number of nitrogens with zero attached hydrogens (tertiary/aromatic N) is 1. The van der Waals surface area contributed by atoms with Gasteiger partial charge in [-0.3, -0.25) is 0 Å². The molecule has 3 aromatic heterocycles. The van der Waals surface area contributed by atoms with Crippen molar-refractivity contribution >= 4 is 60.0 Å². The van der Waals surface area contributed by atoms with E-state index in [-0.39, 0.29) is 10.8 Å². The van der Waals surface area contributed by atoms with Gasteiger partial charge in [0.05, 0.1) is 16.6 Å². The Kier molecular flexibility index (Phi) is 3.81. The van der Waals surface area contributed by atoms with Crippen molar-refractivity contribution in [3.63, 3.8) is 0 Å². The fourth-order valence-electron chi connectivity index (χ4n) is 9.54. The summed E-state index contributed by atoms with van der Waals surface area (Å²) >= 11 is 0. The Morgan fingerprint density at radius 2 is 1.05 bits per heavy atom. The molecule has 0 amide bonds. The Morgan fingerprint density at radius 3 is 1.73 bits per heavy atom. The molecule has 0 aliphatic heterocycles. The molecule has 208 valence electrons. The lowest BCUT2D eigenvalue weighted by Gasteiger charge is -2.23. The second-order valence-corrected chi connectivity index (χ2v) is 14.1. The van der Waals surface area contributed by atoms with Crippen LogP contribution in [0.25, 0.3) is 82.3 Å². The fourth-order valence-corrected chi connectivity index (χ4v) is 9.54. The number of hydrogen-bond acceptors (Lipinski definition) is 1. The van der Waals surface area contributed by atoms with Crippen molar-refractivity contribution in [3.05, 3.63) is 125 Å². The SMILES string of the molecule is CC1(C)c2ccccc2-c2ccc3c(c21)c1cc2oc4ccccc4c2c2c4c5c(ccc4n3c12)-c1ccccc1C5(C)C. The molecule has 0 radical (unpaired) electrons. The highest BCUT2D eigenvalue weighted by Crippen LogP contribution is 2.58. The number of rotatable bonds is 0. The Balaban J connectivity index is 1.44. The van der Waals surface area contributed by atoms with E-state index >= 15 is 0 Å². The van der Waals surface area contributed by atoms with Gasteiger partial charge in [-0.25, -0.2) is 0 Å². The van der Waals surface area contributed by atoms with Gasteiger partial charge in [-0.05, 0) is 68.8 Å². The highest BCUT2D eigenvalue weighted by Gasteiger charge is 2.41. The number of aromatic nitrogens is 1. The van der Waals surface area contributed by atoms with Crippen LogP contribution in [-0.4, -0.2) is 4.40 Å². The molecule has 9 aromatic rings. The minimum Gasteiger partial charge on any atom is -0.456 e. The molecule has 0 bridgehead atoms. The summed E-state index contributed by atoms with van der Waals surface area (Å²) in [6.07, 6.45) is 0. The lowest BCUT2D eigenvalue weighted by molar-refractivity contribution is 0.666. The molecule has 0 spiro atoms. The molecule has 0 saturated heterocycles. The smallest absolute Gasteiger partial charge is 0.136 e. The molecule has 0 fully saturated rings. The van der Waals surface area contributed by atoms with Gasteiger partial charge in [0, 0.05) is 43.1 Å². The van der Waals surface area contributed by atoms with E-state index < -0.39 is 0 Å². The largest absolute Gasteiger partial charge is 0.456 e. The van der Waals surface area contributed by atoms with Gasteiger partial charge < -0.3 is 8.82 Å². The molecule has 0 atom stereocenters. The number of hydrogen-bond donors (Lipinski definition) is 0. The lowest BCUT2D eigenvalue weighted by atomic mass is 9.79. The summed E-state index contributed by atoms with van der Waals surface area (Å²) in [5.41, 5.74) is 16.7.